The van der Waals surface area contributed by atoms with Crippen molar-refractivity contribution in [1.29, 1.82) is 0 Å². The van der Waals surface area contributed by atoms with Crippen molar-refractivity contribution in [3.05, 3.63) is 53.7 Å². The normalized spacial score (nSPS) is 11.1. The number of carbonyl (C=O) groups excluding carboxylic acids is 1. The lowest BCUT2D eigenvalue weighted by molar-refractivity contribution is 0.1000. The Labute approximate surface area is 156 Å². The number of amides is 1. The van der Waals surface area contributed by atoms with Gasteiger partial charge in [0.25, 0.3) is 0 Å². The molecule has 0 aliphatic heterocycles. The van der Waals surface area contributed by atoms with Crippen LogP contribution in [0.4, 0.5) is 0 Å². The first-order valence-corrected chi connectivity index (χ1v) is 9.23. The first kappa shape index (κ1) is 19.9. The van der Waals surface area contributed by atoms with E-state index in [1.54, 1.807) is 12.1 Å². The molecular formula is C21H29N3O2. The molecule has 0 aliphatic carbocycles. The summed E-state index contributed by atoms with van der Waals surface area (Å²) in [6.45, 7) is 9.93. The molecule has 1 aromatic carbocycles. The van der Waals surface area contributed by atoms with Crippen molar-refractivity contribution < 1.29 is 9.53 Å². The maximum absolute atomic E-state index is 11.1. The maximum Gasteiger partial charge on any atom is 0.250 e. The third-order valence-corrected chi connectivity index (χ3v) is 4.14. The van der Waals surface area contributed by atoms with Gasteiger partial charge in [0.05, 0.1) is 5.56 Å². The summed E-state index contributed by atoms with van der Waals surface area (Å²) in [7, 11) is 0. The molecule has 2 N–H and O–H groups in total. The van der Waals surface area contributed by atoms with Crippen molar-refractivity contribution in [2.75, 3.05) is 13.1 Å². The Balaban J connectivity index is 1.94. The third kappa shape index (κ3) is 6.48. The van der Waals surface area contributed by atoms with Crippen LogP contribution in [0.25, 0.3) is 0 Å². The predicted molar refractivity (Wildman–Crippen MR) is 104 cm³/mol. The summed E-state index contributed by atoms with van der Waals surface area (Å²) in [5.41, 5.74) is 6.84. The fourth-order valence-corrected chi connectivity index (χ4v) is 2.66. The molecule has 0 saturated heterocycles. The molecule has 26 heavy (non-hydrogen) atoms. The molecule has 2 aromatic rings. The quantitative estimate of drug-likeness (QED) is 0.692. The van der Waals surface area contributed by atoms with Crippen LogP contribution in [-0.4, -0.2) is 28.9 Å². The van der Waals surface area contributed by atoms with E-state index in [1.807, 2.05) is 12.1 Å². The van der Waals surface area contributed by atoms with Crippen LogP contribution in [0.5, 0.6) is 11.6 Å². The Hall–Kier alpha value is -2.40. The van der Waals surface area contributed by atoms with Gasteiger partial charge in [-0.15, -0.1) is 0 Å². The number of pyridine rings is 1. The van der Waals surface area contributed by atoms with Crippen LogP contribution in [0.3, 0.4) is 0 Å². The molecule has 0 atom stereocenters. The number of hydrogen-bond donors (Lipinski definition) is 1. The molecule has 0 fully saturated rings. The topological polar surface area (TPSA) is 68.5 Å². The second kappa shape index (κ2) is 9.92. The van der Waals surface area contributed by atoms with Gasteiger partial charge in [-0.3, -0.25) is 9.69 Å². The lowest BCUT2D eigenvalue weighted by Crippen LogP contribution is -2.26. The van der Waals surface area contributed by atoms with Crippen LogP contribution >= 0.6 is 0 Å². The molecule has 2 rings (SSSR count). The van der Waals surface area contributed by atoms with Gasteiger partial charge in [0, 0.05) is 18.8 Å². The van der Waals surface area contributed by atoms with Gasteiger partial charge in [0.2, 0.25) is 11.8 Å². The number of benzene rings is 1. The molecule has 0 radical (unpaired) electrons. The van der Waals surface area contributed by atoms with Gasteiger partial charge in [0.15, 0.2) is 0 Å². The number of nitrogens with zero attached hydrogens (tertiary/aromatic N) is 2. The molecule has 0 unspecified atom stereocenters. The SMILES string of the molecule is CCCN(CCC(C)C)Cc1ccc(Oc2ccc(C(N)=O)cn2)cc1. The third-order valence-electron chi connectivity index (χ3n) is 4.14. The molecule has 5 nitrogen and oxygen atoms in total. The number of hydrogen-bond acceptors (Lipinski definition) is 4. The minimum absolute atomic E-state index is 0.366. The monoisotopic (exact) mass is 355 g/mol. The highest BCUT2D eigenvalue weighted by Gasteiger charge is 2.07. The Morgan fingerprint density at radius 3 is 2.42 bits per heavy atom. The first-order chi connectivity index (χ1) is 12.5. The average Bonchev–Trinajstić information content (AvgIpc) is 2.62. The lowest BCUT2D eigenvalue weighted by Gasteiger charge is -2.22. The first-order valence-electron chi connectivity index (χ1n) is 9.23. The number of primary amides is 1. The molecule has 0 saturated carbocycles. The van der Waals surface area contributed by atoms with Crippen molar-refractivity contribution >= 4 is 5.91 Å². The fourth-order valence-electron chi connectivity index (χ4n) is 2.66. The molecule has 1 aromatic heterocycles. The van der Waals surface area contributed by atoms with Crippen molar-refractivity contribution in [3.8, 4) is 11.6 Å². The minimum atomic E-state index is -0.498. The van der Waals surface area contributed by atoms with Gasteiger partial charge in [-0.1, -0.05) is 32.9 Å². The smallest absolute Gasteiger partial charge is 0.250 e. The highest BCUT2D eigenvalue weighted by Crippen LogP contribution is 2.20. The zero-order chi connectivity index (χ0) is 18.9. The van der Waals surface area contributed by atoms with Crippen molar-refractivity contribution in [1.82, 2.24) is 9.88 Å². The van der Waals surface area contributed by atoms with Gasteiger partial charge in [-0.25, -0.2) is 4.98 Å². The van der Waals surface area contributed by atoms with Gasteiger partial charge < -0.3 is 10.5 Å². The molecule has 1 heterocycles. The van der Waals surface area contributed by atoms with Crippen LogP contribution in [0, 0.1) is 5.92 Å². The molecule has 5 heteroatoms. The summed E-state index contributed by atoms with van der Waals surface area (Å²) < 4.78 is 5.72. The van der Waals surface area contributed by atoms with Crippen molar-refractivity contribution in [2.24, 2.45) is 11.7 Å². The van der Waals surface area contributed by atoms with E-state index in [0.717, 1.165) is 37.7 Å². The fraction of sp³-hybridized carbons (Fsp3) is 0.429. The van der Waals surface area contributed by atoms with Crippen molar-refractivity contribution in [3.63, 3.8) is 0 Å². The summed E-state index contributed by atoms with van der Waals surface area (Å²) in [6, 6.07) is 11.3. The van der Waals surface area contributed by atoms with Gasteiger partial charge in [-0.05, 0) is 55.6 Å². The van der Waals surface area contributed by atoms with Crippen LogP contribution in [0.15, 0.2) is 42.6 Å². The maximum atomic E-state index is 11.1. The lowest BCUT2D eigenvalue weighted by atomic mass is 10.1. The molecule has 140 valence electrons. The van der Waals surface area contributed by atoms with Gasteiger partial charge in [0.1, 0.15) is 5.75 Å². The molecule has 0 bridgehead atoms. The largest absolute Gasteiger partial charge is 0.439 e. The summed E-state index contributed by atoms with van der Waals surface area (Å²) >= 11 is 0. The van der Waals surface area contributed by atoms with Crippen LogP contribution in [-0.2, 0) is 6.54 Å². The number of ether oxygens (including phenoxy) is 1. The van der Waals surface area contributed by atoms with E-state index in [-0.39, 0.29) is 0 Å². The standard InChI is InChI=1S/C21H29N3O2/c1-4-12-24(13-11-16(2)3)15-17-5-8-19(9-6-17)26-20-10-7-18(14-23-20)21(22)25/h5-10,14,16H,4,11-13,15H2,1-3H3,(H2,22,25). The van der Waals surface area contributed by atoms with Crippen LogP contribution in [0.1, 0.15) is 49.5 Å². The van der Waals surface area contributed by atoms with Gasteiger partial charge >= 0.3 is 0 Å². The Bertz CT molecular complexity index is 681. The Morgan fingerprint density at radius 2 is 1.88 bits per heavy atom. The van der Waals surface area contributed by atoms with E-state index in [0.29, 0.717) is 11.4 Å². The van der Waals surface area contributed by atoms with Gasteiger partial charge in [-0.2, -0.15) is 0 Å². The number of nitrogens with two attached hydrogens (primary N) is 1. The van der Waals surface area contributed by atoms with E-state index < -0.39 is 5.91 Å². The highest BCUT2D eigenvalue weighted by molar-refractivity contribution is 5.92. The minimum Gasteiger partial charge on any atom is -0.439 e. The number of aromatic nitrogens is 1. The molecule has 0 spiro atoms. The second-order valence-electron chi connectivity index (χ2n) is 6.95. The zero-order valence-electron chi connectivity index (χ0n) is 15.9. The number of carbonyl (C=O) groups is 1. The Morgan fingerprint density at radius 1 is 1.15 bits per heavy atom. The van der Waals surface area contributed by atoms with E-state index in [9.17, 15) is 4.79 Å². The van der Waals surface area contributed by atoms with E-state index >= 15 is 0 Å². The molecular weight excluding hydrogens is 326 g/mol. The zero-order valence-corrected chi connectivity index (χ0v) is 15.9. The van der Waals surface area contributed by atoms with Crippen molar-refractivity contribution in [2.45, 2.75) is 40.2 Å². The average molecular weight is 355 g/mol. The Kier molecular flexibility index (Phi) is 7.60. The van der Waals surface area contributed by atoms with E-state index in [2.05, 4.69) is 42.8 Å². The number of rotatable bonds is 10. The van der Waals surface area contributed by atoms with E-state index in [4.69, 9.17) is 10.5 Å². The van der Waals surface area contributed by atoms with Crippen LogP contribution < -0.4 is 10.5 Å². The van der Waals surface area contributed by atoms with Crippen LogP contribution in [0.2, 0.25) is 0 Å². The summed E-state index contributed by atoms with van der Waals surface area (Å²) in [4.78, 5) is 17.7. The summed E-state index contributed by atoms with van der Waals surface area (Å²) in [5.74, 6) is 1.38. The predicted octanol–water partition coefficient (Wildman–Crippen LogP) is 4.23. The highest BCUT2D eigenvalue weighted by atomic mass is 16.5. The molecule has 1 amide bonds. The molecule has 0 aliphatic rings. The van der Waals surface area contributed by atoms with E-state index in [1.165, 1.54) is 18.2 Å². The summed E-state index contributed by atoms with van der Waals surface area (Å²) in [5, 5.41) is 0. The summed E-state index contributed by atoms with van der Waals surface area (Å²) in [6.07, 6.45) is 3.80. The second-order valence-corrected chi connectivity index (χ2v) is 6.95.